The lowest BCUT2D eigenvalue weighted by Gasteiger charge is -2.10. The third kappa shape index (κ3) is 4.31. The molecule has 1 rings (SSSR count). The molecule has 0 saturated carbocycles. The Morgan fingerprint density at radius 1 is 1.40 bits per heavy atom. The zero-order chi connectivity index (χ0) is 11.3. The normalized spacial score (nSPS) is 12.8. The summed E-state index contributed by atoms with van der Waals surface area (Å²) in [6.07, 6.45) is 2.92. The molecule has 1 aromatic carbocycles. The van der Waals surface area contributed by atoms with Gasteiger partial charge in [0.25, 0.3) is 0 Å². The summed E-state index contributed by atoms with van der Waals surface area (Å²) < 4.78 is 13.8. The standard InChI is InChI=1S/C12H16BrFO/c1-2-3-11(15)6-4-9-8-10(14)5-7-12(9)13/h5,7-8,11,15H,2-4,6H2,1H3. The van der Waals surface area contributed by atoms with Crippen LogP contribution in [0.25, 0.3) is 0 Å². The quantitative estimate of drug-likeness (QED) is 0.869. The fourth-order valence-electron chi connectivity index (χ4n) is 1.53. The number of aliphatic hydroxyl groups is 1. The Morgan fingerprint density at radius 2 is 2.13 bits per heavy atom. The first-order valence-corrected chi connectivity index (χ1v) is 6.04. The SMILES string of the molecule is CCCC(O)CCc1cc(F)ccc1Br. The van der Waals surface area contributed by atoms with E-state index >= 15 is 0 Å². The van der Waals surface area contributed by atoms with Gasteiger partial charge in [0.05, 0.1) is 6.10 Å². The van der Waals surface area contributed by atoms with Crippen molar-refractivity contribution in [2.45, 2.75) is 38.7 Å². The molecule has 0 radical (unpaired) electrons. The second-order valence-electron chi connectivity index (χ2n) is 3.72. The van der Waals surface area contributed by atoms with Crippen LogP contribution in [0.2, 0.25) is 0 Å². The molecule has 1 unspecified atom stereocenters. The van der Waals surface area contributed by atoms with E-state index in [4.69, 9.17) is 0 Å². The number of halogens is 2. The minimum Gasteiger partial charge on any atom is -0.393 e. The van der Waals surface area contributed by atoms with Crippen LogP contribution in [0.1, 0.15) is 31.7 Å². The summed E-state index contributed by atoms with van der Waals surface area (Å²) in [5, 5.41) is 9.56. The highest BCUT2D eigenvalue weighted by atomic mass is 79.9. The Labute approximate surface area is 98.4 Å². The van der Waals surface area contributed by atoms with Crippen molar-refractivity contribution in [2.24, 2.45) is 0 Å². The molecule has 15 heavy (non-hydrogen) atoms. The fourth-order valence-corrected chi connectivity index (χ4v) is 1.98. The maximum atomic E-state index is 12.9. The molecule has 3 heteroatoms. The minimum atomic E-state index is -0.273. The van der Waals surface area contributed by atoms with Gasteiger partial charge in [-0.25, -0.2) is 4.39 Å². The smallest absolute Gasteiger partial charge is 0.123 e. The van der Waals surface area contributed by atoms with Gasteiger partial charge in [-0.3, -0.25) is 0 Å². The van der Waals surface area contributed by atoms with Crippen LogP contribution in [0.15, 0.2) is 22.7 Å². The molecule has 0 aliphatic heterocycles. The first-order valence-electron chi connectivity index (χ1n) is 5.25. The lowest BCUT2D eigenvalue weighted by molar-refractivity contribution is 0.154. The molecule has 0 heterocycles. The van der Waals surface area contributed by atoms with Gasteiger partial charge in [-0.05, 0) is 43.0 Å². The molecule has 0 aromatic heterocycles. The van der Waals surface area contributed by atoms with Crippen molar-refractivity contribution in [3.63, 3.8) is 0 Å². The van der Waals surface area contributed by atoms with E-state index < -0.39 is 0 Å². The van der Waals surface area contributed by atoms with Crippen molar-refractivity contribution in [3.8, 4) is 0 Å². The van der Waals surface area contributed by atoms with Crippen molar-refractivity contribution >= 4 is 15.9 Å². The first-order chi connectivity index (χ1) is 7.13. The van der Waals surface area contributed by atoms with Crippen LogP contribution >= 0.6 is 15.9 Å². The van der Waals surface area contributed by atoms with Gasteiger partial charge in [-0.2, -0.15) is 0 Å². The number of aryl methyl sites for hydroxylation is 1. The molecule has 0 saturated heterocycles. The summed E-state index contributed by atoms with van der Waals surface area (Å²) in [5.41, 5.74) is 0.921. The molecule has 0 aliphatic rings. The second-order valence-corrected chi connectivity index (χ2v) is 4.57. The van der Waals surface area contributed by atoms with E-state index in [-0.39, 0.29) is 11.9 Å². The average Bonchev–Trinajstić information content (AvgIpc) is 2.20. The molecule has 84 valence electrons. The van der Waals surface area contributed by atoms with E-state index in [0.717, 1.165) is 22.9 Å². The predicted molar refractivity (Wildman–Crippen MR) is 63.3 cm³/mol. The molecule has 1 aromatic rings. The van der Waals surface area contributed by atoms with Gasteiger partial charge in [-0.1, -0.05) is 29.3 Å². The van der Waals surface area contributed by atoms with E-state index in [1.807, 2.05) is 6.92 Å². The van der Waals surface area contributed by atoms with Crippen molar-refractivity contribution < 1.29 is 9.50 Å². The molecular formula is C12H16BrFO. The Bertz CT molecular complexity index is 314. The van der Waals surface area contributed by atoms with Gasteiger partial charge in [0.15, 0.2) is 0 Å². The summed E-state index contributed by atoms with van der Waals surface area (Å²) >= 11 is 3.37. The van der Waals surface area contributed by atoms with Crippen LogP contribution < -0.4 is 0 Å². The molecule has 0 bridgehead atoms. The number of hydrogen-bond donors (Lipinski definition) is 1. The zero-order valence-electron chi connectivity index (χ0n) is 8.84. The van der Waals surface area contributed by atoms with Crippen molar-refractivity contribution in [3.05, 3.63) is 34.1 Å². The molecule has 1 atom stereocenters. The third-order valence-electron chi connectivity index (χ3n) is 2.38. The van der Waals surface area contributed by atoms with E-state index in [0.29, 0.717) is 12.8 Å². The van der Waals surface area contributed by atoms with Crippen molar-refractivity contribution in [2.75, 3.05) is 0 Å². The lowest BCUT2D eigenvalue weighted by Crippen LogP contribution is -2.07. The molecule has 1 N–H and O–H groups in total. The molecule has 0 amide bonds. The summed E-state index contributed by atoms with van der Waals surface area (Å²) in [5.74, 6) is -0.224. The fraction of sp³-hybridized carbons (Fsp3) is 0.500. The van der Waals surface area contributed by atoms with Gasteiger partial charge in [0.2, 0.25) is 0 Å². The number of hydrogen-bond acceptors (Lipinski definition) is 1. The minimum absolute atomic E-state index is 0.224. The van der Waals surface area contributed by atoms with E-state index in [1.165, 1.54) is 12.1 Å². The maximum Gasteiger partial charge on any atom is 0.123 e. The van der Waals surface area contributed by atoms with E-state index in [9.17, 15) is 9.50 Å². The highest BCUT2D eigenvalue weighted by Crippen LogP contribution is 2.20. The van der Waals surface area contributed by atoms with Gasteiger partial charge >= 0.3 is 0 Å². The van der Waals surface area contributed by atoms with Gasteiger partial charge in [0, 0.05) is 4.47 Å². The molecule has 1 nitrogen and oxygen atoms in total. The summed E-state index contributed by atoms with van der Waals surface area (Å²) in [4.78, 5) is 0. The number of benzene rings is 1. The molecule has 0 fully saturated rings. The van der Waals surface area contributed by atoms with Gasteiger partial charge in [0.1, 0.15) is 5.82 Å². The van der Waals surface area contributed by atoms with Crippen LogP contribution in [-0.4, -0.2) is 11.2 Å². The maximum absolute atomic E-state index is 12.9. The van der Waals surface area contributed by atoms with Gasteiger partial charge < -0.3 is 5.11 Å². The van der Waals surface area contributed by atoms with E-state index in [2.05, 4.69) is 15.9 Å². The lowest BCUT2D eigenvalue weighted by atomic mass is 10.0. The summed E-state index contributed by atoms with van der Waals surface area (Å²) in [6.45, 7) is 2.04. The summed E-state index contributed by atoms with van der Waals surface area (Å²) in [7, 11) is 0. The number of rotatable bonds is 5. The number of aliphatic hydroxyl groups excluding tert-OH is 1. The van der Waals surface area contributed by atoms with Crippen molar-refractivity contribution in [1.29, 1.82) is 0 Å². The van der Waals surface area contributed by atoms with Crippen LogP contribution in [0, 0.1) is 5.82 Å². The molecule has 0 aliphatic carbocycles. The van der Waals surface area contributed by atoms with Gasteiger partial charge in [-0.15, -0.1) is 0 Å². The highest BCUT2D eigenvalue weighted by Gasteiger charge is 2.06. The topological polar surface area (TPSA) is 20.2 Å². The van der Waals surface area contributed by atoms with Crippen molar-refractivity contribution in [1.82, 2.24) is 0 Å². The Morgan fingerprint density at radius 3 is 2.80 bits per heavy atom. The monoisotopic (exact) mass is 274 g/mol. The van der Waals surface area contributed by atoms with Crippen LogP contribution in [0.5, 0.6) is 0 Å². The van der Waals surface area contributed by atoms with E-state index in [1.54, 1.807) is 6.07 Å². The molecule has 0 spiro atoms. The Kier molecular flexibility index (Phi) is 5.26. The second kappa shape index (κ2) is 6.23. The third-order valence-corrected chi connectivity index (χ3v) is 3.15. The molecular weight excluding hydrogens is 259 g/mol. The first kappa shape index (κ1) is 12.7. The average molecular weight is 275 g/mol. The van der Waals surface area contributed by atoms with Crippen LogP contribution in [0.3, 0.4) is 0 Å². The largest absolute Gasteiger partial charge is 0.393 e. The summed E-state index contributed by atoms with van der Waals surface area (Å²) in [6, 6.07) is 4.65. The Balaban J connectivity index is 2.53. The Hall–Kier alpha value is -0.410. The highest BCUT2D eigenvalue weighted by molar-refractivity contribution is 9.10. The predicted octanol–water partition coefficient (Wildman–Crippen LogP) is 3.68. The van der Waals surface area contributed by atoms with Crippen LogP contribution in [-0.2, 0) is 6.42 Å². The van der Waals surface area contributed by atoms with Crippen LogP contribution in [0.4, 0.5) is 4.39 Å². The zero-order valence-corrected chi connectivity index (χ0v) is 10.4.